The van der Waals surface area contributed by atoms with Gasteiger partial charge in [-0.25, -0.2) is 19.2 Å². The van der Waals surface area contributed by atoms with Crippen molar-refractivity contribution in [2.45, 2.75) is 20.5 Å². The summed E-state index contributed by atoms with van der Waals surface area (Å²) in [5.41, 5.74) is 2.55. The fourth-order valence-electron chi connectivity index (χ4n) is 3.90. The van der Waals surface area contributed by atoms with Gasteiger partial charge in [-0.05, 0) is 43.2 Å². The minimum absolute atomic E-state index is 0.0471. The van der Waals surface area contributed by atoms with Gasteiger partial charge in [0.25, 0.3) is 0 Å². The van der Waals surface area contributed by atoms with Crippen molar-refractivity contribution >= 4 is 23.5 Å². The molecule has 0 amide bonds. The second-order valence-corrected chi connectivity index (χ2v) is 8.98. The maximum absolute atomic E-state index is 13.4. The van der Waals surface area contributed by atoms with Crippen molar-refractivity contribution in [2.75, 3.05) is 44.2 Å². The SMILES string of the molecule is Cc1cccc(OCCN2CCN(c3ncc(C(=O)O)c(COc4ccc(F)c(Cl)c4)n3)CC2)c1C. The molecule has 10 heteroatoms. The molecule has 0 atom stereocenters. The first-order chi connectivity index (χ1) is 17.3. The Kier molecular flexibility index (Phi) is 8.22. The van der Waals surface area contributed by atoms with E-state index < -0.39 is 11.8 Å². The van der Waals surface area contributed by atoms with E-state index in [-0.39, 0.29) is 22.9 Å². The number of carboxylic acids is 1. The number of hydrogen-bond donors (Lipinski definition) is 1. The summed E-state index contributed by atoms with van der Waals surface area (Å²) in [5.74, 6) is -0.0312. The number of benzene rings is 2. The van der Waals surface area contributed by atoms with Crippen LogP contribution in [-0.4, -0.2) is 65.3 Å². The summed E-state index contributed by atoms with van der Waals surface area (Å²) in [5, 5.41) is 9.46. The van der Waals surface area contributed by atoms with Crippen molar-refractivity contribution in [1.29, 1.82) is 0 Å². The molecule has 0 radical (unpaired) electrons. The van der Waals surface area contributed by atoms with Crippen LogP contribution < -0.4 is 14.4 Å². The minimum Gasteiger partial charge on any atom is -0.492 e. The quantitative estimate of drug-likeness (QED) is 0.450. The molecular weight excluding hydrogens is 487 g/mol. The number of ether oxygens (including phenoxy) is 2. The van der Waals surface area contributed by atoms with Gasteiger partial charge >= 0.3 is 5.97 Å². The Morgan fingerprint density at radius 2 is 1.92 bits per heavy atom. The zero-order valence-electron chi connectivity index (χ0n) is 20.2. The Bertz CT molecular complexity index is 1230. The van der Waals surface area contributed by atoms with Crippen molar-refractivity contribution in [3.05, 3.63) is 75.8 Å². The third-order valence-corrected chi connectivity index (χ3v) is 6.52. The Hall–Kier alpha value is -3.43. The summed E-state index contributed by atoms with van der Waals surface area (Å²) in [4.78, 5) is 24.8. The Labute approximate surface area is 214 Å². The lowest BCUT2D eigenvalue weighted by Crippen LogP contribution is -2.48. The van der Waals surface area contributed by atoms with Crippen LogP contribution in [0.2, 0.25) is 5.02 Å². The highest BCUT2D eigenvalue weighted by Gasteiger charge is 2.22. The fourth-order valence-corrected chi connectivity index (χ4v) is 4.07. The zero-order valence-corrected chi connectivity index (χ0v) is 21.0. The van der Waals surface area contributed by atoms with Gasteiger partial charge < -0.3 is 19.5 Å². The number of hydrogen-bond acceptors (Lipinski definition) is 7. The number of halogens is 2. The fraction of sp³-hybridized carbons (Fsp3) is 0.346. The van der Waals surface area contributed by atoms with E-state index in [0.29, 0.717) is 31.4 Å². The van der Waals surface area contributed by atoms with Crippen molar-refractivity contribution < 1.29 is 23.8 Å². The summed E-state index contributed by atoms with van der Waals surface area (Å²) in [6.07, 6.45) is 1.30. The molecule has 0 bridgehead atoms. The smallest absolute Gasteiger partial charge is 0.339 e. The molecule has 0 aliphatic carbocycles. The first-order valence-corrected chi connectivity index (χ1v) is 12.0. The van der Waals surface area contributed by atoms with Crippen LogP contribution in [0.5, 0.6) is 11.5 Å². The summed E-state index contributed by atoms with van der Waals surface area (Å²) < 4.78 is 25.0. The Morgan fingerprint density at radius 3 is 2.64 bits per heavy atom. The largest absolute Gasteiger partial charge is 0.492 e. The topological polar surface area (TPSA) is 88.0 Å². The van der Waals surface area contributed by atoms with Crippen LogP contribution in [0, 0.1) is 19.7 Å². The second kappa shape index (κ2) is 11.5. The van der Waals surface area contributed by atoms with Gasteiger partial charge in [0.15, 0.2) is 0 Å². The van der Waals surface area contributed by atoms with Gasteiger partial charge in [-0.3, -0.25) is 4.90 Å². The molecule has 1 N–H and O–H groups in total. The first kappa shape index (κ1) is 25.7. The van der Waals surface area contributed by atoms with Crippen LogP contribution in [0.4, 0.5) is 10.3 Å². The van der Waals surface area contributed by atoms with Crippen LogP contribution in [0.25, 0.3) is 0 Å². The van der Waals surface area contributed by atoms with E-state index >= 15 is 0 Å². The highest BCUT2D eigenvalue weighted by Crippen LogP contribution is 2.23. The first-order valence-electron chi connectivity index (χ1n) is 11.6. The molecule has 1 saturated heterocycles. The number of carboxylic acid groups (broad SMARTS) is 1. The van der Waals surface area contributed by atoms with Gasteiger partial charge in [-0.1, -0.05) is 23.7 Å². The molecule has 4 rings (SSSR count). The molecular formula is C26H28ClFN4O4. The van der Waals surface area contributed by atoms with E-state index in [0.717, 1.165) is 30.9 Å². The third kappa shape index (κ3) is 6.22. The lowest BCUT2D eigenvalue weighted by molar-refractivity contribution is 0.0692. The number of anilines is 1. The highest BCUT2D eigenvalue weighted by molar-refractivity contribution is 6.30. The van der Waals surface area contributed by atoms with E-state index in [1.165, 1.54) is 30.0 Å². The molecule has 0 saturated carbocycles. The van der Waals surface area contributed by atoms with Gasteiger partial charge in [-0.15, -0.1) is 0 Å². The van der Waals surface area contributed by atoms with E-state index in [9.17, 15) is 14.3 Å². The molecule has 3 aromatic rings. The molecule has 0 spiro atoms. The van der Waals surface area contributed by atoms with Crippen molar-refractivity contribution in [3.63, 3.8) is 0 Å². The van der Waals surface area contributed by atoms with E-state index in [1.54, 1.807) is 0 Å². The number of aromatic nitrogens is 2. The molecule has 190 valence electrons. The highest BCUT2D eigenvalue weighted by atomic mass is 35.5. The number of aromatic carboxylic acids is 1. The molecule has 1 aromatic heterocycles. The summed E-state index contributed by atoms with van der Waals surface area (Å²) in [6.45, 7) is 8.43. The van der Waals surface area contributed by atoms with Crippen LogP contribution in [-0.2, 0) is 6.61 Å². The lowest BCUT2D eigenvalue weighted by Gasteiger charge is -2.34. The maximum Gasteiger partial charge on any atom is 0.339 e. The van der Waals surface area contributed by atoms with Crippen LogP contribution in [0.15, 0.2) is 42.6 Å². The van der Waals surface area contributed by atoms with Crippen LogP contribution in [0.3, 0.4) is 0 Å². The average molecular weight is 515 g/mol. The van der Waals surface area contributed by atoms with Gasteiger partial charge in [0, 0.05) is 45.0 Å². The Morgan fingerprint density at radius 1 is 1.14 bits per heavy atom. The average Bonchev–Trinajstić information content (AvgIpc) is 2.87. The molecule has 1 aliphatic rings. The van der Waals surface area contributed by atoms with Crippen molar-refractivity contribution in [1.82, 2.24) is 14.9 Å². The van der Waals surface area contributed by atoms with E-state index in [2.05, 4.69) is 34.8 Å². The van der Waals surface area contributed by atoms with Gasteiger partial charge in [0.05, 0.1) is 10.7 Å². The molecule has 1 aliphatic heterocycles. The number of nitrogens with zero attached hydrogens (tertiary/aromatic N) is 4. The minimum atomic E-state index is -1.15. The summed E-state index contributed by atoms with van der Waals surface area (Å²) in [6, 6.07) is 10.0. The van der Waals surface area contributed by atoms with Crippen molar-refractivity contribution in [2.24, 2.45) is 0 Å². The molecule has 36 heavy (non-hydrogen) atoms. The maximum atomic E-state index is 13.4. The van der Waals surface area contributed by atoms with Crippen LogP contribution >= 0.6 is 11.6 Å². The number of rotatable bonds is 9. The molecule has 8 nitrogen and oxygen atoms in total. The van der Waals surface area contributed by atoms with Crippen LogP contribution in [0.1, 0.15) is 27.2 Å². The Balaban J connectivity index is 1.34. The van der Waals surface area contributed by atoms with E-state index in [4.69, 9.17) is 21.1 Å². The molecule has 2 heterocycles. The third-order valence-electron chi connectivity index (χ3n) is 6.23. The monoisotopic (exact) mass is 514 g/mol. The van der Waals surface area contributed by atoms with Gasteiger partial charge in [-0.2, -0.15) is 0 Å². The van der Waals surface area contributed by atoms with E-state index in [1.807, 2.05) is 17.0 Å². The number of aryl methyl sites for hydroxylation is 1. The van der Waals surface area contributed by atoms with Gasteiger partial charge in [0.2, 0.25) is 5.95 Å². The lowest BCUT2D eigenvalue weighted by atomic mass is 10.1. The molecule has 2 aromatic carbocycles. The zero-order chi connectivity index (χ0) is 25.7. The number of carbonyl (C=O) groups is 1. The number of piperazine rings is 1. The summed E-state index contributed by atoms with van der Waals surface area (Å²) >= 11 is 5.80. The molecule has 1 fully saturated rings. The standard InChI is InChI=1S/C26H28ClFN4O4/c1-17-4-3-5-24(18(17)2)35-13-12-31-8-10-32(11-9-31)26-29-15-20(25(33)34)23(30-26)16-36-19-6-7-22(28)21(27)14-19/h3-7,14-15H,8-13,16H2,1-2H3,(H,33,34). The molecule has 0 unspecified atom stereocenters. The predicted molar refractivity (Wildman–Crippen MR) is 135 cm³/mol. The summed E-state index contributed by atoms with van der Waals surface area (Å²) in [7, 11) is 0. The van der Waals surface area contributed by atoms with Gasteiger partial charge in [0.1, 0.15) is 36.1 Å². The second-order valence-electron chi connectivity index (χ2n) is 8.58. The predicted octanol–water partition coefficient (Wildman–Crippen LogP) is 4.36. The normalized spacial score (nSPS) is 14.1. The van der Waals surface area contributed by atoms with Crippen molar-refractivity contribution in [3.8, 4) is 11.5 Å².